The summed E-state index contributed by atoms with van der Waals surface area (Å²) in [5.41, 5.74) is 0. The van der Waals surface area contributed by atoms with Gasteiger partial charge in [0, 0.05) is 32.3 Å². The first-order valence-electron chi connectivity index (χ1n) is 6.26. The van der Waals surface area contributed by atoms with Gasteiger partial charge in [-0.25, -0.2) is 0 Å². The van der Waals surface area contributed by atoms with E-state index in [-0.39, 0.29) is 24.4 Å². The topological polar surface area (TPSA) is 50.8 Å². The molecule has 1 heterocycles. The van der Waals surface area contributed by atoms with Crippen molar-refractivity contribution in [1.29, 1.82) is 0 Å². The Morgan fingerprint density at radius 1 is 1.33 bits per heavy atom. The Kier molecular flexibility index (Phi) is 9.36. The van der Waals surface area contributed by atoms with Crippen LogP contribution in [0.3, 0.4) is 0 Å². The maximum absolute atomic E-state index is 12.0. The van der Waals surface area contributed by atoms with E-state index in [1.54, 1.807) is 7.11 Å². The SMILES string of the molecule is COCCOCCC(=O)N1CCNC(C)C1C.Cl. The van der Waals surface area contributed by atoms with E-state index in [0.717, 1.165) is 13.1 Å². The molecule has 1 saturated heterocycles. The quantitative estimate of drug-likeness (QED) is 0.727. The summed E-state index contributed by atoms with van der Waals surface area (Å²) < 4.78 is 10.2. The average molecular weight is 281 g/mol. The fourth-order valence-electron chi connectivity index (χ4n) is 1.96. The van der Waals surface area contributed by atoms with Crippen LogP contribution in [0.1, 0.15) is 20.3 Å². The molecule has 0 aromatic rings. The Morgan fingerprint density at radius 2 is 2.06 bits per heavy atom. The number of carbonyl (C=O) groups excluding carboxylic acids is 1. The van der Waals surface area contributed by atoms with Gasteiger partial charge in [-0.2, -0.15) is 0 Å². The molecular formula is C12H25ClN2O3. The minimum atomic E-state index is 0. The fraction of sp³-hybridized carbons (Fsp3) is 0.917. The summed E-state index contributed by atoms with van der Waals surface area (Å²) in [5.74, 6) is 0.184. The molecule has 1 aliphatic heterocycles. The molecule has 5 nitrogen and oxygen atoms in total. The normalized spacial score (nSPS) is 23.6. The molecule has 0 radical (unpaired) electrons. The average Bonchev–Trinajstić information content (AvgIpc) is 2.32. The third-order valence-electron chi connectivity index (χ3n) is 3.25. The van der Waals surface area contributed by atoms with Crippen LogP contribution in [0.5, 0.6) is 0 Å². The highest BCUT2D eigenvalue weighted by Crippen LogP contribution is 2.10. The van der Waals surface area contributed by atoms with Gasteiger partial charge in [-0.3, -0.25) is 4.79 Å². The second-order valence-electron chi connectivity index (χ2n) is 4.43. The summed E-state index contributed by atoms with van der Waals surface area (Å²) in [6.07, 6.45) is 0.459. The fourth-order valence-corrected chi connectivity index (χ4v) is 1.96. The molecule has 0 bridgehead atoms. The van der Waals surface area contributed by atoms with Crippen molar-refractivity contribution >= 4 is 18.3 Å². The minimum Gasteiger partial charge on any atom is -0.382 e. The standard InChI is InChI=1S/C12H24N2O3.ClH/c1-10-11(2)14(6-5-13-10)12(15)4-7-17-9-8-16-3;/h10-11,13H,4-9H2,1-3H3;1H. The van der Waals surface area contributed by atoms with Crippen molar-refractivity contribution in [3.05, 3.63) is 0 Å². The minimum absolute atomic E-state index is 0. The molecule has 1 aliphatic rings. The predicted molar refractivity (Wildman–Crippen MR) is 73.2 cm³/mol. The molecule has 1 amide bonds. The molecule has 1 rings (SSSR count). The molecule has 2 atom stereocenters. The smallest absolute Gasteiger partial charge is 0.225 e. The van der Waals surface area contributed by atoms with Crippen LogP contribution in [0.4, 0.5) is 0 Å². The second-order valence-corrected chi connectivity index (χ2v) is 4.43. The summed E-state index contributed by atoms with van der Waals surface area (Å²) in [6, 6.07) is 0.623. The van der Waals surface area contributed by atoms with E-state index >= 15 is 0 Å². The maximum Gasteiger partial charge on any atom is 0.225 e. The Bertz CT molecular complexity index is 241. The van der Waals surface area contributed by atoms with Crippen molar-refractivity contribution < 1.29 is 14.3 Å². The van der Waals surface area contributed by atoms with Crippen molar-refractivity contribution in [2.45, 2.75) is 32.4 Å². The third-order valence-corrected chi connectivity index (χ3v) is 3.25. The number of nitrogens with zero attached hydrogens (tertiary/aromatic N) is 1. The lowest BCUT2D eigenvalue weighted by Gasteiger charge is -2.38. The lowest BCUT2D eigenvalue weighted by atomic mass is 10.1. The number of piperazine rings is 1. The maximum atomic E-state index is 12.0. The Morgan fingerprint density at radius 3 is 2.72 bits per heavy atom. The molecule has 108 valence electrons. The molecule has 0 aromatic heterocycles. The molecule has 6 heteroatoms. The van der Waals surface area contributed by atoms with Gasteiger partial charge in [0.05, 0.1) is 26.2 Å². The number of carbonyl (C=O) groups is 1. The number of amides is 1. The third kappa shape index (κ3) is 5.52. The van der Waals surface area contributed by atoms with Gasteiger partial charge in [-0.1, -0.05) is 0 Å². The van der Waals surface area contributed by atoms with Gasteiger partial charge in [0.2, 0.25) is 5.91 Å². The summed E-state index contributed by atoms with van der Waals surface area (Å²) in [7, 11) is 1.64. The highest BCUT2D eigenvalue weighted by molar-refractivity contribution is 5.85. The number of nitrogens with one attached hydrogen (secondary N) is 1. The number of ether oxygens (including phenoxy) is 2. The zero-order valence-electron chi connectivity index (χ0n) is 11.5. The van der Waals surface area contributed by atoms with Crippen LogP contribution < -0.4 is 5.32 Å². The summed E-state index contributed by atoms with van der Waals surface area (Å²) in [4.78, 5) is 13.9. The molecule has 2 unspecified atom stereocenters. The van der Waals surface area contributed by atoms with Gasteiger partial charge in [-0.05, 0) is 13.8 Å². The van der Waals surface area contributed by atoms with Crippen LogP contribution in [-0.4, -0.2) is 62.9 Å². The largest absolute Gasteiger partial charge is 0.382 e. The van der Waals surface area contributed by atoms with E-state index in [2.05, 4.69) is 19.2 Å². The van der Waals surface area contributed by atoms with Crippen molar-refractivity contribution in [1.82, 2.24) is 10.2 Å². The summed E-state index contributed by atoms with van der Waals surface area (Å²) >= 11 is 0. The lowest BCUT2D eigenvalue weighted by Crippen LogP contribution is -2.57. The summed E-state index contributed by atoms with van der Waals surface area (Å²) in [6.45, 7) is 7.48. The van der Waals surface area contributed by atoms with Crippen LogP contribution in [0, 0.1) is 0 Å². The van der Waals surface area contributed by atoms with Crippen molar-refractivity contribution in [2.75, 3.05) is 40.0 Å². The van der Waals surface area contributed by atoms with Gasteiger partial charge in [0.25, 0.3) is 0 Å². The van der Waals surface area contributed by atoms with Gasteiger partial charge < -0.3 is 19.7 Å². The first-order chi connectivity index (χ1) is 8.16. The zero-order chi connectivity index (χ0) is 12.7. The van der Waals surface area contributed by atoms with Crippen LogP contribution in [0.2, 0.25) is 0 Å². The highest BCUT2D eigenvalue weighted by Gasteiger charge is 2.27. The number of methoxy groups -OCH3 is 1. The highest BCUT2D eigenvalue weighted by atomic mass is 35.5. The van der Waals surface area contributed by atoms with Crippen molar-refractivity contribution in [2.24, 2.45) is 0 Å². The number of hydrogen-bond donors (Lipinski definition) is 1. The van der Waals surface area contributed by atoms with E-state index in [4.69, 9.17) is 9.47 Å². The molecule has 0 aliphatic carbocycles. The molecule has 0 spiro atoms. The van der Waals surface area contributed by atoms with E-state index in [0.29, 0.717) is 32.3 Å². The van der Waals surface area contributed by atoms with E-state index in [1.807, 2.05) is 4.90 Å². The molecule has 1 N–H and O–H groups in total. The number of rotatable bonds is 6. The Hall–Kier alpha value is -0.360. The first kappa shape index (κ1) is 17.6. The van der Waals surface area contributed by atoms with E-state index < -0.39 is 0 Å². The van der Waals surface area contributed by atoms with Crippen LogP contribution in [0.15, 0.2) is 0 Å². The van der Waals surface area contributed by atoms with E-state index in [9.17, 15) is 4.79 Å². The van der Waals surface area contributed by atoms with Crippen LogP contribution >= 0.6 is 12.4 Å². The van der Waals surface area contributed by atoms with Gasteiger partial charge in [-0.15, -0.1) is 12.4 Å². The molecule has 18 heavy (non-hydrogen) atoms. The molecule has 1 fully saturated rings. The zero-order valence-corrected chi connectivity index (χ0v) is 12.3. The molecule has 0 saturated carbocycles. The molecule has 0 aromatic carbocycles. The first-order valence-corrected chi connectivity index (χ1v) is 6.26. The van der Waals surface area contributed by atoms with Gasteiger partial charge in [0.15, 0.2) is 0 Å². The molecular weight excluding hydrogens is 256 g/mol. The van der Waals surface area contributed by atoms with E-state index in [1.165, 1.54) is 0 Å². The van der Waals surface area contributed by atoms with Gasteiger partial charge in [0.1, 0.15) is 0 Å². The summed E-state index contributed by atoms with van der Waals surface area (Å²) in [5, 5.41) is 3.36. The van der Waals surface area contributed by atoms with Crippen molar-refractivity contribution in [3.8, 4) is 0 Å². The predicted octanol–water partition coefficient (Wildman–Crippen LogP) is 0.670. The monoisotopic (exact) mass is 280 g/mol. The number of halogens is 1. The Labute approximate surface area is 116 Å². The second kappa shape index (κ2) is 9.55. The Balaban J connectivity index is 0.00000289. The number of hydrogen-bond acceptors (Lipinski definition) is 4. The van der Waals surface area contributed by atoms with Crippen LogP contribution in [-0.2, 0) is 14.3 Å². The van der Waals surface area contributed by atoms with Gasteiger partial charge >= 0.3 is 0 Å². The van der Waals surface area contributed by atoms with Crippen LogP contribution in [0.25, 0.3) is 0 Å². The lowest BCUT2D eigenvalue weighted by molar-refractivity contribution is -0.136. The van der Waals surface area contributed by atoms with Crippen molar-refractivity contribution in [3.63, 3.8) is 0 Å².